The van der Waals surface area contributed by atoms with E-state index in [-0.39, 0.29) is 31.5 Å². The highest BCUT2D eigenvalue weighted by atomic mass is 16.5. The van der Waals surface area contributed by atoms with Gasteiger partial charge < -0.3 is 25.0 Å². The highest BCUT2D eigenvalue weighted by Gasteiger charge is 2.34. The molecule has 1 saturated heterocycles. The zero-order chi connectivity index (χ0) is 15.8. The first-order valence-electron chi connectivity index (χ1n) is 7.06. The smallest absolute Gasteiger partial charge is 0.320 e. The minimum atomic E-state index is -0.964. The van der Waals surface area contributed by atoms with Crippen molar-refractivity contribution in [3.05, 3.63) is 0 Å². The fourth-order valence-electron chi connectivity index (χ4n) is 1.99. The van der Waals surface area contributed by atoms with Crippen LogP contribution in [0.4, 0.5) is 4.79 Å². The van der Waals surface area contributed by atoms with E-state index >= 15 is 0 Å². The van der Waals surface area contributed by atoms with Gasteiger partial charge in [-0.3, -0.25) is 9.59 Å². The summed E-state index contributed by atoms with van der Waals surface area (Å²) in [6.45, 7) is 3.45. The van der Waals surface area contributed by atoms with Crippen molar-refractivity contribution in [2.75, 3.05) is 39.9 Å². The molecule has 0 radical (unpaired) electrons. The van der Waals surface area contributed by atoms with Crippen molar-refractivity contribution in [1.29, 1.82) is 0 Å². The van der Waals surface area contributed by atoms with Crippen LogP contribution in [0, 0.1) is 0 Å². The summed E-state index contributed by atoms with van der Waals surface area (Å²) in [5.74, 6) is -1.20. The molecule has 0 spiro atoms. The summed E-state index contributed by atoms with van der Waals surface area (Å²) in [5.41, 5.74) is 0. The van der Waals surface area contributed by atoms with E-state index in [4.69, 9.17) is 9.84 Å². The largest absolute Gasteiger partial charge is 0.481 e. The standard InChI is InChI=1S/C13H23N3O5/c1-3-5-14-12(19)10-9-21-8-7-16(10)13(20)15(2)6-4-11(17)18/h10H,3-9H2,1-2H3,(H,14,19)(H,17,18). The Balaban J connectivity index is 2.64. The number of nitrogens with zero attached hydrogens (tertiary/aromatic N) is 2. The number of morpholine rings is 1. The maximum absolute atomic E-state index is 12.3. The van der Waals surface area contributed by atoms with E-state index in [0.717, 1.165) is 6.42 Å². The number of carboxylic acids is 1. The van der Waals surface area contributed by atoms with Crippen molar-refractivity contribution in [3.63, 3.8) is 0 Å². The molecule has 0 aromatic heterocycles. The lowest BCUT2D eigenvalue weighted by molar-refractivity contribution is -0.137. The monoisotopic (exact) mass is 301 g/mol. The molecular formula is C13H23N3O5. The van der Waals surface area contributed by atoms with E-state index in [0.29, 0.717) is 19.7 Å². The molecule has 1 aliphatic heterocycles. The van der Waals surface area contributed by atoms with Crippen LogP contribution >= 0.6 is 0 Å². The Labute approximate surface area is 124 Å². The van der Waals surface area contributed by atoms with E-state index in [1.807, 2.05) is 6.92 Å². The molecule has 1 fully saturated rings. The quantitative estimate of drug-likeness (QED) is 0.704. The van der Waals surface area contributed by atoms with Crippen molar-refractivity contribution in [1.82, 2.24) is 15.1 Å². The minimum absolute atomic E-state index is 0.106. The third-order valence-corrected chi connectivity index (χ3v) is 3.21. The fraction of sp³-hybridized carbons (Fsp3) is 0.769. The van der Waals surface area contributed by atoms with Gasteiger partial charge in [-0.15, -0.1) is 0 Å². The van der Waals surface area contributed by atoms with Crippen LogP contribution in [-0.4, -0.2) is 78.8 Å². The van der Waals surface area contributed by atoms with E-state index < -0.39 is 12.0 Å². The SMILES string of the molecule is CCCNC(=O)C1COCCN1C(=O)N(C)CCC(=O)O. The number of hydrogen-bond donors (Lipinski definition) is 2. The van der Waals surface area contributed by atoms with E-state index in [2.05, 4.69) is 5.32 Å². The van der Waals surface area contributed by atoms with E-state index in [9.17, 15) is 14.4 Å². The Morgan fingerprint density at radius 1 is 1.43 bits per heavy atom. The molecule has 1 rings (SSSR count). The van der Waals surface area contributed by atoms with Crippen LogP contribution in [0.5, 0.6) is 0 Å². The van der Waals surface area contributed by atoms with Gasteiger partial charge in [0.25, 0.3) is 0 Å². The maximum Gasteiger partial charge on any atom is 0.320 e. The molecular weight excluding hydrogens is 278 g/mol. The number of aliphatic carboxylic acids is 1. The average molecular weight is 301 g/mol. The number of amides is 3. The molecule has 21 heavy (non-hydrogen) atoms. The minimum Gasteiger partial charge on any atom is -0.481 e. The van der Waals surface area contributed by atoms with Gasteiger partial charge in [0.1, 0.15) is 6.04 Å². The number of hydrogen-bond acceptors (Lipinski definition) is 4. The first-order chi connectivity index (χ1) is 9.97. The van der Waals surface area contributed by atoms with Gasteiger partial charge in [0.15, 0.2) is 0 Å². The van der Waals surface area contributed by atoms with Crippen LogP contribution in [0.3, 0.4) is 0 Å². The van der Waals surface area contributed by atoms with Crippen LogP contribution in [0.1, 0.15) is 19.8 Å². The second-order valence-electron chi connectivity index (χ2n) is 4.92. The summed E-state index contributed by atoms with van der Waals surface area (Å²) >= 11 is 0. The van der Waals surface area contributed by atoms with Gasteiger partial charge in [-0.2, -0.15) is 0 Å². The predicted octanol–water partition coefficient (Wildman–Crippen LogP) is -0.260. The van der Waals surface area contributed by atoms with Gasteiger partial charge >= 0.3 is 12.0 Å². The molecule has 1 heterocycles. The number of nitrogens with one attached hydrogen (secondary N) is 1. The number of carbonyl (C=O) groups is 3. The Hall–Kier alpha value is -1.83. The molecule has 2 N–H and O–H groups in total. The lowest BCUT2D eigenvalue weighted by atomic mass is 10.2. The molecule has 8 heteroatoms. The highest BCUT2D eigenvalue weighted by Crippen LogP contribution is 2.10. The number of urea groups is 1. The number of ether oxygens (including phenoxy) is 1. The first-order valence-corrected chi connectivity index (χ1v) is 7.06. The van der Waals surface area contributed by atoms with E-state index in [1.54, 1.807) is 0 Å². The molecule has 0 bridgehead atoms. The summed E-state index contributed by atoms with van der Waals surface area (Å²) in [6, 6.07) is -1.01. The molecule has 1 atom stereocenters. The average Bonchev–Trinajstić information content (AvgIpc) is 2.49. The Bertz CT molecular complexity index is 388. The molecule has 0 aromatic carbocycles. The van der Waals surface area contributed by atoms with Crippen molar-refractivity contribution < 1.29 is 24.2 Å². The molecule has 0 aliphatic carbocycles. The summed E-state index contributed by atoms with van der Waals surface area (Å²) in [4.78, 5) is 37.7. The van der Waals surface area contributed by atoms with Crippen LogP contribution in [-0.2, 0) is 14.3 Å². The number of carbonyl (C=O) groups excluding carboxylic acids is 2. The maximum atomic E-state index is 12.3. The summed E-state index contributed by atoms with van der Waals surface area (Å²) in [7, 11) is 1.53. The van der Waals surface area contributed by atoms with Gasteiger partial charge in [-0.05, 0) is 6.42 Å². The lowest BCUT2D eigenvalue weighted by Crippen LogP contribution is -2.58. The lowest BCUT2D eigenvalue weighted by Gasteiger charge is -2.36. The van der Waals surface area contributed by atoms with Gasteiger partial charge in [-0.25, -0.2) is 4.79 Å². The third kappa shape index (κ3) is 5.22. The van der Waals surface area contributed by atoms with Crippen molar-refractivity contribution >= 4 is 17.9 Å². The second kappa shape index (κ2) is 8.46. The van der Waals surface area contributed by atoms with Gasteiger partial charge in [-0.1, -0.05) is 6.92 Å². The zero-order valence-corrected chi connectivity index (χ0v) is 12.5. The van der Waals surface area contributed by atoms with Crippen molar-refractivity contribution in [2.45, 2.75) is 25.8 Å². The Morgan fingerprint density at radius 2 is 2.14 bits per heavy atom. The van der Waals surface area contributed by atoms with Crippen molar-refractivity contribution in [2.24, 2.45) is 0 Å². The van der Waals surface area contributed by atoms with E-state index in [1.165, 1.54) is 16.8 Å². The molecule has 120 valence electrons. The molecule has 8 nitrogen and oxygen atoms in total. The Kier molecular flexibility index (Phi) is 6.93. The van der Waals surface area contributed by atoms with Crippen LogP contribution < -0.4 is 5.32 Å². The topological polar surface area (TPSA) is 99.2 Å². The molecule has 3 amide bonds. The van der Waals surface area contributed by atoms with Gasteiger partial charge in [0.2, 0.25) is 5.91 Å². The van der Waals surface area contributed by atoms with Gasteiger partial charge in [0.05, 0.1) is 19.6 Å². The second-order valence-corrected chi connectivity index (χ2v) is 4.92. The van der Waals surface area contributed by atoms with Crippen LogP contribution in [0.2, 0.25) is 0 Å². The molecule has 0 saturated carbocycles. The number of rotatable bonds is 6. The highest BCUT2D eigenvalue weighted by molar-refractivity contribution is 5.87. The normalized spacial score (nSPS) is 18.2. The van der Waals surface area contributed by atoms with Crippen molar-refractivity contribution in [3.8, 4) is 0 Å². The van der Waals surface area contributed by atoms with Crippen LogP contribution in [0.25, 0.3) is 0 Å². The summed E-state index contributed by atoms with van der Waals surface area (Å²) < 4.78 is 5.27. The fourth-order valence-corrected chi connectivity index (χ4v) is 1.99. The van der Waals surface area contributed by atoms with Gasteiger partial charge in [0, 0.05) is 26.7 Å². The zero-order valence-electron chi connectivity index (χ0n) is 12.5. The summed E-state index contributed by atoms with van der Waals surface area (Å²) in [6.07, 6.45) is 0.686. The Morgan fingerprint density at radius 3 is 2.76 bits per heavy atom. The molecule has 1 aliphatic rings. The molecule has 0 aromatic rings. The van der Waals surface area contributed by atoms with Crippen LogP contribution in [0.15, 0.2) is 0 Å². The third-order valence-electron chi connectivity index (χ3n) is 3.21. The number of carboxylic acid groups (broad SMARTS) is 1. The predicted molar refractivity (Wildman–Crippen MR) is 74.9 cm³/mol. The summed E-state index contributed by atoms with van der Waals surface area (Å²) in [5, 5.41) is 11.4. The first kappa shape index (κ1) is 17.2. The molecule has 1 unspecified atom stereocenters.